The molecule has 3 fully saturated rings. The summed E-state index contributed by atoms with van der Waals surface area (Å²) in [5, 5.41) is 0. The Bertz CT molecular complexity index is 1070. The zero-order valence-electron chi connectivity index (χ0n) is 23.4. The Morgan fingerprint density at radius 3 is 2.02 bits per heavy atom. The van der Waals surface area contributed by atoms with Gasteiger partial charge in [-0.05, 0) is 30.5 Å². The van der Waals surface area contributed by atoms with Crippen molar-refractivity contribution in [1.82, 2.24) is 0 Å². The number of quaternary nitrogens is 1. The first-order valence-corrected chi connectivity index (χ1v) is 14.9. The van der Waals surface area contributed by atoms with Crippen LogP contribution in [0.5, 0.6) is 0 Å². The van der Waals surface area contributed by atoms with E-state index < -0.39 is 30.4 Å². The molecular formula is C32H44N3O5+. The zero-order valence-corrected chi connectivity index (χ0v) is 23.4. The molecule has 5 rings (SSSR count). The Morgan fingerprint density at radius 2 is 1.48 bits per heavy atom. The smallest absolute Gasteiger partial charge is 0.348 e. The Kier molecular flexibility index (Phi) is 9.20. The highest BCUT2D eigenvalue weighted by molar-refractivity contribution is 5.86. The fourth-order valence-corrected chi connectivity index (χ4v) is 7.42. The number of unbranched alkanes of at least 4 members (excludes halogenated alkanes) is 1. The minimum absolute atomic E-state index is 0.164. The van der Waals surface area contributed by atoms with Gasteiger partial charge in [-0.25, -0.2) is 4.79 Å². The number of esters is 2. The second-order valence-electron chi connectivity index (χ2n) is 11.7. The summed E-state index contributed by atoms with van der Waals surface area (Å²) in [6.45, 7) is 2.64. The predicted octanol–water partition coefficient (Wildman–Crippen LogP) is 3.75. The van der Waals surface area contributed by atoms with E-state index in [1.54, 1.807) is 0 Å². The van der Waals surface area contributed by atoms with Crippen LogP contribution in [0.3, 0.4) is 0 Å². The minimum atomic E-state index is -1.59. The van der Waals surface area contributed by atoms with Gasteiger partial charge in [0.05, 0.1) is 25.2 Å². The first-order chi connectivity index (χ1) is 19.5. The molecule has 8 heteroatoms. The van der Waals surface area contributed by atoms with Crippen LogP contribution in [-0.2, 0) is 29.4 Å². The van der Waals surface area contributed by atoms with Gasteiger partial charge in [0.25, 0.3) is 0 Å². The lowest BCUT2D eigenvalue weighted by Crippen LogP contribution is -2.60. The van der Waals surface area contributed by atoms with Gasteiger partial charge in [0.2, 0.25) is 5.60 Å². The standard InChI is InChI=1S/C32H44N3O5/c33-18-8-7-15-29(34)30(36)38-23-39-32(24-11-3-1-4-12-24,25-13-5-2-6-14-25)31(37)40-28-21-26-16-17-27(22-28)35(26)19-9-10-20-35/h1-6,11-14,26-29H,7-10,15-23,33-34H2/q+1/t26?,27?,28?,29-/m0/s1. The van der Waals surface area contributed by atoms with Crippen molar-refractivity contribution >= 4 is 11.9 Å². The summed E-state index contributed by atoms with van der Waals surface area (Å²) >= 11 is 0. The van der Waals surface area contributed by atoms with Gasteiger partial charge in [-0.15, -0.1) is 0 Å². The van der Waals surface area contributed by atoms with E-state index >= 15 is 0 Å². The third-order valence-corrected chi connectivity index (χ3v) is 9.43. The van der Waals surface area contributed by atoms with Gasteiger partial charge in [-0.1, -0.05) is 67.1 Å². The number of hydrogen-bond donors (Lipinski definition) is 2. The highest BCUT2D eigenvalue weighted by Gasteiger charge is 2.57. The third-order valence-electron chi connectivity index (χ3n) is 9.43. The molecule has 3 atom stereocenters. The van der Waals surface area contributed by atoms with Crippen molar-refractivity contribution in [3.8, 4) is 0 Å². The van der Waals surface area contributed by atoms with Crippen molar-refractivity contribution in [3.05, 3.63) is 71.8 Å². The van der Waals surface area contributed by atoms with Gasteiger partial charge in [0.1, 0.15) is 12.1 Å². The Hall–Kier alpha value is -2.78. The molecule has 0 saturated carbocycles. The predicted molar refractivity (Wildman–Crippen MR) is 152 cm³/mol. The molecule has 0 aromatic heterocycles. The van der Waals surface area contributed by atoms with Crippen molar-refractivity contribution < 1.29 is 28.3 Å². The van der Waals surface area contributed by atoms with Crippen LogP contribution in [0.25, 0.3) is 0 Å². The molecule has 2 aromatic rings. The van der Waals surface area contributed by atoms with E-state index in [1.807, 2.05) is 60.7 Å². The molecule has 0 aliphatic carbocycles. The van der Waals surface area contributed by atoms with Crippen LogP contribution in [0.2, 0.25) is 0 Å². The van der Waals surface area contributed by atoms with Crippen molar-refractivity contribution in [3.63, 3.8) is 0 Å². The van der Waals surface area contributed by atoms with E-state index in [2.05, 4.69) is 0 Å². The minimum Gasteiger partial charge on any atom is -0.459 e. The Morgan fingerprint density at radius 1 is 0.900 bits per heavy atom. The van der Waals surface area contributed by atoms with Crippen LogP contribution in [0.4, 0.5) is 0 Å². The summed E-state index contributed by atoms with van der Waals surface area (Å²) in [6, 6.07) is 19.0. The van der Waals surface area contributed by atoms with Gasteiger partial charge >= 0.3 is 11.9 Å². The lowest BCUT2D eigenvalue weighted by Gasteiger charge is -2.47. The van der Waals surface area contributed by atoms with Gasteiger partial charge in [0.15, 0.2) is 6.79 Å². The quantitative estimate of drug-likeness (QED) is 0.179. The molecule has 3 aliphatic heterocycles. The van der Waals surface area contributed by atoms with E-state index in [0.717, 1.165) is 25.7 Å². The largest absolute Gasteiger partial charge is 0.459 e. The summed E-state index contributed by atoms with van der Waals surface area (Å²) in [5.74, 6) is -1.05. The van der Waals surface area contributed by atoms with Gasteiger partial charge < -0.3 is 30.2 Å². The van der Waals surface area contributed by atoms with Crippen LogP contribution >= 0.6 is 0 Å². The molecule has 0 amide bonds. The lowest BCUT2D eigenvalue weighted by atomic mass is 9.85. The molecule has 216 valence electrons. The summed E-state index contributed by atoms with van der Waals surface area (Å²) in [5.41, 5.74) is 11.2. The molecule has 3 aliphatic rings. The summed E-state index contributed by atoms with van der Waals surface area (Å²) < 4.78 is 19.4. The molecule has 3 heterocycles. The summed E-state index contributed by atoms with van der Waals surface area (Å²) in [6.07, 6.45) is 8.62. The van der Waals surface area contributed by atoms with Crippen molar-refractivity contribution in [2.24, 2.45) is 11.5 Å². The fraction of sp³-hybridized carbons (Fsp3) is 0.562. The lowest BCUT2D eigenvalue weighted by molar-refractivity contribution is -0.956. The molecule has 0 radical (unpaired) electrons. The Labute approximate surface area is 237 Å². The maximum absolute atomic E-state index is 14.3. The molecule has 2 unspecified atom stereocenters. The number of rotatable bonds is 12. The molecule has 4 N–H and O–H groups in total. The van der Waals surface area contributed by atoms with Crippen LogP contribution in [-0.4, -0.2) is 67.1 Å². The topological polar surface area (TPSA) is 114 Å². The van der Waals surface area contributed by atoms with Crippen molar-refractivity contribution in [2.45, 2.75) is 87.6 Å². The number of nitrogens with zero attached hydrogens (tertiary/aromatic N) is 1. The first-order valence-electron chi connectivity index (χ1n) is 14.9. The normalized spacial score (nSPS) is 24.1. The number of hydrogen-bond acceptors (Lipinski definition) is 7. The van der Waals surface area contributed by atoms with E-state index in [4.69, 9.17) is 25.7 Å². The summed E-state index contributed by atoms with van der Waals surface area (Å²) in [7, 11) is 0. The number of piperidine rings is 1. The molecule has 3 saturated heterocycles. The zero-order chi connectivity index (χ0) is 28.0. The maximum atomic E-state index is 14.3. The number of nitrogens with two attached hydrogens (primary N) is 2. The molecule has 1 spiro atoms. The van der Waals surface area contributed by atoms with E-state index in [-0.39, 0.29) is 6.10 Å². The van der Waals surface area contributed by atoms with Crippen LogP contribution in [0.1, 0.15) is 68.9 Å². The monoisotopic (exact) mass is 550 g/mol. The fourth-order valence-electron chi connectivity index (χ4n) is 7.42. The average molecular weight is 551 g/mol. The number of carbonyl (C=O) groups excluding carboxylic acids is 2. The van der Waals surface area contributed by atoms with Crippen molar-refractivity contribution in [1.29, 1.82) is 0 Å². The number of benzene rings is 2. The van der Waals surface area contributed by atoms with Crippen LogP contribution < -0.4 is 11.5 Å². The average Bonchev–Trinajstić information content (AvgIpc) is 3.52. The SMILES string of the molecule is NCCCC[C@H](N)C(=O)OCOC(C(=O)OC1CC2CCC(C1)[N+]21CCCC1)(c1ccccc1)c1ccccc1. The second-order valence-corrected chi connectivity index (χ2v) is 11.7. The van der Waals surface area contributed by atoms with E-state index in [1.165, 1.54) is 43.3 Å². The molecule has 2 bridgehead atoms. The molecule has 40 heavy (non-hydrogen) atoms. The highest BCUT2D eigenvalue weighted by atomic mass is 16.7. The molecular weight excluding hydrogens is 506 g/mol. The second kappa shape index (κ2) is 12.8. The van der Waals surface area contributed by atoms with Gasteiger partial charge in [-0.3, -0.25) is 4.79 Å². The van der Waals surface area contributed by atoms with Crippen LogP contribution in [0.15, 0.2) is 60.7 Å². The number of ether oxygens (including phenoxy) is 3. The van der Waals surface area contributed by atoms with Crippen molar-refractivity contribution in [2.75, 3.05) is 26.4 Å². The van der Waals surface area contributed by atoms with Gasteiger partial charge in [0, 0.05) is 38.5 Å². The highest BCUT2D eigenvalue weighted by Crippen LogP contribution is 2.47. The maximum Gasteiger partial charge on any atom is 0.348 e. The Balaban J connectivity index is 1.37. The number of carbonyl (C=O) groups is 2. The summed E-state index contributed by atoms with van der Waals surface area (Å²) in [4.78, 5) is 26.9. The molecule has 2 aromatic carbocycles. The first kappa shape index (κ1) is 28.7. The van der Waals surface area contributed by atoms with Gasteiger partial charge in [-0.2, -0.15) is 0 Å². The van der Waals surface area contributed by atoms with E-state index in [9.17, 15) is 9.59 Å². The van der Waals surface area contributed by atoms with E-state index in [0.29, 0.717) is 36.2 Å². The molecule has 8 nitrogen and oxygen atoms in total. The van der Waals surface area contributed by atoms with Crippen LogP contribution in [0, 0.1) is 0 Å². The third kappa shape index (κ3) is 5.68.